The summed E-state index contributed by atoms with van der Waals surface area (Å²) in [7, 11) is 1.79. The lowest BCUT2D eigenvalue weighted by molar-refractivity contribution is -0.120. The molecular weight excluding hydrogens is 392 g/mol. The lowest BCUT2D eigenvalue weighted by atomic mass is 10.0. The number of hydrogen-bond acceptors (Lipinski definition) is 3. The SMILES string of the molecule is CC.CN(C(=O)C(C1=CC=CCC=C1)n1ccc2[nH]ncc2c1=S)c1ccccc1. The zero-order chi connectivity index (χ0) is 21.5. The summed E-state index contributed by atoms with van der Waals surface area (Å²) in [4.78, 5) is 15.3. The third-order valence-corrected chi connectivity index (χ3v) is 5.28. The molecule has 0 spiro atoms. The summed E-state index contributed by atoms with van der Waals surface area (Å²) in [5.74, 6) is -0.0589. The molecule has 5 nitrogen and oxygen atoms in total. The Morgan fingerprint density at radius 1 is 1.20 bits per heavy atom. The molecule has 1 unspecified atom stereocenters. The number of H-pyrrole nitrogens is 1. The summed E-state index contributed by atoms with van der Waals surface area (Å²) < 4.78 is 2.43. The van der Waals surface area contributed by atoms with Crippen LogP contribution in [-0.2, 0) is 4.79 Å². The standard InChI is InChI=1S/C22H20N4OS.C2H6/c1-25(17-11-7-4-8-12-17)21(27)20(16-9-5-2-3-6-10-16)26-14-13-19-18(22(26)28)15-23-24-19;1-2/h2,4-15,20H,3H2,1H3,(H,23,24);1-2H3. The first-order chi connectivity index (χ1) is 14.7. The Kier molecular flexibility index (Phi) is 7.14. The van der Waals surface area contributed by atoms with E-state index < -0.39 is 6.04 Å². The van der Waals surface area contributed by atoms with Crippen molar-refractivity contribution in [2.45, 2.75) is 26.3 Å². The maximum Gasteiger partial charge on any atom is 0.254 e. The van der Waals surface area contributed by atoms with E-state index in [1.54, 1.807) is 18.1 Å². The summed E-state index contributed by atoms with van der Waals surface area (Å²) in [6.07, 6.45) is 14.5. The molecule has 1 aromatic carbocycles. The predicted molar refractivity (Wildman–Crippen MR) is 126 cm³/mol. The highest BCUT2D eigenvalue weighted by atomic mass is 32.1. The first-order valence-electron chi connectivity index (χ1n) is 10.1. The molecule has 6 heteroatoms. The first kappa shape index (κ1) is 21.5. The van der Waals surface area contributed by atoms with Crippen LogP contribution < -0.4 is 4.90 Å². The number of aromatic nitrogens is 3. The van der Waals surface area contributed by atoms with Gasteiger partial charge in [-0.15, -0.1) is 0 Å². The second kappa shape index (κ2) is 9.98. The fraction of sp³-hybridized carbons (Fsp3) is 0.208. The number of carbonyl (C=O) groups excluding carboxylic acids is 1. The van der Waals surface area contributed by atoms with E-state index in [1.807, 2.05) is 79.2 Å². The maximum absolute atomic E-state index is 13.6. The number of nitrogens with one attached hydrogen (secondary N) is 1. The zero-order valence-electron chi connectivity index (χ0n) is 17.4. The van der Waals surface area contributed by atoms with E-state index in [2.05, 4.69) is 22.3 Å². The molecule has 0 fully saturated rings. The van der Waals surface area contributed by atoms with Gasteiger partial charge in [0.15, 0.2) is 0 Å². The van der Waals surface area contributed by atoms with Gasteiger partial charge in [0.05, 0.1) is 17.1 Å². The van der Waals surface area contributed by atoms with Crippen LogP contribution in [0.15, 0.2) is 84.7 Å². The number of benzene rings is 1. The third kappa shape index (κ3) is 4.33. The second-order valence-electron chi connectivity index (χ2n) is 6.59. The minimum atomic E-state index is -0.573. The van der Waals surface area contributed by atoms with Gasteiger partial charge in [0, 0.05) is 18.9 Å². The molecule has 0 saturated carbocycles. The van der Waals surface area contributed by atoms with Crippen molar-refractivity contribution in [1.29, 1.82) is 0 Å². The number of allylic oxidation sites excluding steroid dienone is 5. The highest BCUT2D eigenvalue weighted by molar-refractivity contribution is 7.71. The Labute approximate surface area is 182 Å². The normalized spacial score (nSPS) is 13.8. The van der Waals surface area contributed by atoms with E-state index in [-0.39, 0.29) is 5.91 Å². The van der Waals surface area contributed by atoms with Crippen molar-refractivity contribution in [3.05, 3.63) is 89.4 Å². The molecule has 2 heterocycles. The number of likely N-dealkylation sites (N-methyl/N-ethyl adjacent to an activating group) is 1. The molecule has 4 rings (SSSR count). The number of para-hydroxylation sites is 1. The Balaban J connectivity index is 0.00000124. The molecule has 1 aliphatic carbocycles. The quantitative estimate of drug-likeness (QED) is 0.548. The Hall–Kier alpha value is -3.25. The largest absolute Gasteiger partial charge is 0.322 e. The molecule has 1 amide bonds. The van der Waals surface area contributed by atoms with E-state index in [9.17, 15) is 4.79 Å². The molecule has 0 saturated heterocycles. The van der Waals surface area contributed by atoms with Crippen LogP contribution in [-0.4, -0.2) is 27.7 Å². The molecule has 1 N–H and O–H groups in total. The average Bonchev–Trinajstić information content (AvgIpc) is 3.13. The van der Waals surface area contributed by atoms with Gasteiger partial charge in [-0.25, -0.2) is 0 Å². The van der Waals surface area contributed by atoms with Crippen molar-refractivity contribution in [1.82, 2.24) is 14.8 Å². The molecule has 1 atom stereocenters. The van der Waals surface area contributed by atoms with Gasteiger partial charge in [-0.05, 0) is 30.2 Å². The molecule has 0 aliphatic heterocycles. The molecule has 0 bridgehead atoms. The summed E-state index contributed by atoms with van der Waals surface area (Å²) in [6.45, 7) is 4.00. The predicted octanol–water partition coefficient (Wildman–Crippen LogP) is 5.77. The van der Waals surface area contributed by atoms with Gasteiger partial charge >= 0.3 is 0 Å². The number of anilines is 1. The Morgan fingerprint density at radius 3 is 2.73 bits per heavy atom. The molecule has 0 radical (unpaired) electrons. The van der Waals surface area contributed by atoms with Gasteiger partial charge in [0.1, 0.15) is 10.7 Å². The smallest absolute Gasteiger partial charge is 0.254 e. The number of hydrogen-bond donors (Lipinski definition) is 1. The van der Waals surface area contributed by atoms with Gasteiger partial charge < -0.3 is 9.47 Å². The second-order valence-corrected chi connectivity index (χ2v) is 6.98. The van der Waals surface area contributed by atoms with Crippen LogP contribution >= 0.6 is 12.2 Å². The van der Waals surface area contributed by atoms with Crippen LogP contribution in [0.5, 0.6) is 0 Å². The van der Waals surface area contributed by atoms with Crippen molar-refractivity contribution in [3.8, 4) is 0 Å². The molecule has 154 valence electrons. The lowest BCUT2D eigenvalue weighted by Crippen LogP contribution is -2.35. The summed E-state index contributed by atoms with van der Waals surface area (Å²) in [5.41, 5.74) is 2.58. The zero-order valence-corrected chi connectivity index (χ0v) is 18.3. The molecule has 2 aromatic heterocycles. The number of carbonyl (C=O) groups is 1. The number of pyridine rings is 1. The van der Waals surface area contributed by atoms with Crippen LogP contribution in [0, 0.1) is 4.64 Å². The Morgan fingerprint density at radius 2 is 1.97 bits per heavy atom. The van der Waals surface area contributed by atoms with Gasteiger partial charge in [0.25, 0.3) is 5.91 Å². The Bertz CT molecular complexity index is 1150. The van der Waals surface area contributed by atoms with Crippen LogP contribution in [0.25, 0.3) is 10.9 Å². The fourth-order valence-corrected chi connectivity index (χ4v) is 3.65. The van der Waals surface area contributed by atoms with Crippen LogP contribution in [0.4, 0.5) is 5.69 Å². The van der Waals surface area contributed by atoms with Crippen molar-refractivity contribution in [3.63, 3.8) is 0 Å². The summed E-state index contributed by atoms with van der Waals surface area (Å²) in [5, 5.41) is 7.83. The molecule has 30 heavy (non-hydrogen) atoms. The highest BCUT2D eigenvalue weighted by Gasteiger charge is 2.28. The number of amides is 1. The maximum atomic E-state index is 13.6. The topological polar surface area (TPSA) is 53.9 Å². The third-order valence-electron chi connectivity index (χ3n) is 4.84. The van der Waals surface area contributed by atoms with E-state index in [0.717, 1.165) is 28.6 Å². The van der Waals surface area contributed by atoms with Crippen molar-refractivity contribution in [2.75, 3.05) is 11.9 Å². The van der Waals surface area contributed by atoms with Gasteiger partial charge in [-0.3, -0.25) is 9.89 Å². The summed E-state index contributed by atoms with van der Waals surface area (Å²) >= 11 is 5.71. The van der Waals surface area contributed by atoms with E-state index >= 15 is 0 Å². The van der Waals surface area contributed by atoms with Gasteiger partial charge in [-0.2, -0.15) is 5.10 Å². The highest BCUT2D eigenvalue weighted by Crippen LogP contribution is 2.28. The van der Waals surface area contributed by atoms with Crippen LogP contribution in [0.3, 0.4) is 0 Å². The number of fused-ring (bicyclic) bond motifs is 1. The molecule has 3 aromatic rings. The average molecular weight is 419 g/mol. The first-order valence-corrected chi connectivity index (χ1v) is 10.5. The monoisotopic (exact) mass is 418 g/mol. The lowest BCUT2D eigenvalue weighted by Gasteiger charge is -2.27. The van der Waals surface area contributed by atoms with Crippen LogP contribution in [0.2, 0.25) is 0 Å². The number of nitrogens with zero attached hydrogens (tertiary/aromatic N) is 3. The van der Waals surface area contributed by atoms with E-state index in [4.69, 9.17) is 12.2 Å². The molecular formula is C24H26N4OS. The van der Waals surface area contributed by atoms with Gasteiger partial charge in [0.2, 0.25) is 0 Å². The number of aromatic amines is 1. The van der Waals surface area contributed by atoms with Crippen molar-refractivity contribution in [2.24, 2.45) is 0 Å². The van der Waals surface area contributed by atoms with Crippen molar-refractivity contribution < 1.29 is 4.79 Å². The fourth-order valence-electron chi connectivity index (χ4n) is 3.32. The van der Waals surface area contributed by atoms with E-state index in [1.165, 1.54) is 0 Å². The number of rotatable bonds is 4. The van der Waals surface area contributed by atoms with E-state index in [0.29, 0.717) is 4.64 Å². The minimum absolute atomic E-state index is 0.0589. The minimum Gasteiger partial charge on any atom is -0.322 e. The van der Waals surface area contributed by atoms with Gasteiger partial charge in [-0.1, -0.05) is 74.6 Å². The summed E-state index contributed by atoms with van der Waals surface area (Å²) in [6, 6.07) is 10.9. The molecule has 1 aliphatic rings. The van der Waals surface area contributed by atoms with Crippen LogP contribution in [0.1, 0.15) is 26.3 Å². The van der Waals surface area contributed by atoms with Crippen molar-refractivity contribution >= 4 is 34.7 Å².